The number of quaternary nitrogens is 1. The number of nitrogens with zero attached hydrogens (tertiary/aromatic N) is 2. The molecule has 0 N–H and O–H groups in total. The summed E-state index contributed by atoms with van der Waals surface area (Å²) in [6.07, 6.45) is 2.41. The van der Waals surface area contributed by atoms with E-state index in [1.807, 2.05) is 94.3 Å². The van der Waals surface area contributed by atoms with Crippen LogP contribution in [-0.2, 0) is 39.9 Å². The first-order valence-corrected chi connectivity index (χ1v) is 16.8. The SMILES string of the molecule is C.C.CCC(C)(C)C(=O)OCCN(C)C.CCC(C)(C)C(=O)OCC[N+](C)(C)Cc1ccccc1.CCOCCOC(=O)C(C)(C)CC.[Cl-]. The molecule has 0 spiro atoms. The second kappa shape index (κ2) is 28.5. The first-order chi connectivity index (χ1) is 21.2. The van der Waals surface area contributed by atoms with E-state index in [1.54, 1.807) is 0 Å². The normalized spacial score (nSPS) is 11.2. The van der Waals surface area contributed by atoms with E-state index in [-0.39, 0.29) is 61.4 Å². The second-order valence-corrected chi connectivity index (χ2v) is 14.4. The van der Waals surface area contributed by atoms with Crippen LogP contribution in [0.2, 0.25) is 0 Å². The minimum absolute atomic E-state index is 0. The van der Waals surface area contributed by atoms with Crippen molar-refractivity contribution in [3.05, 3.63) is 35.9 Å². The van der Waals surface area contributed by atoms with Gasteiger partial charge in [0.1, 0.15) is 32.9 Å². The fraction of sp³-hybridized carbons (Fsp3) is 0.769. The van der Waals surface area contributed by atoms with Gasteiger partial charge in [-0.1, -0.05) is 66.0 Å². The van der Waals surface area contributed by atoms with Crippen LogP contribution in [0.25, 0.3) is 0 Å². The van der Waals surface area contributed by atoms with Crippen LogP contribution in [0.15, 0.2) is 30.3 Å². The first-order valence-electron chi connectivity index (χ1n) is 16.8. The number of benzene rings is 1. The number of hydrogen-bond acceptors (Lipinski definition) is 8. The van der Waals surface area contributed by atoms with Crippen LogP contribution in [0.3, 0.4) is 0 Å². The maximum atomic E-state index is 11.9. The maximum absolute atomic E-state index is 11.9. The topological polar surface area (TPSA) is 91.4 Å². The Kier molecular flexibility index (Phi) is 32.7. The average molecular weight is 722 g/mol. The molecule has 9 nitrogen and oxygen atoms in total. The highest BCUT2D eigenvalue weighted by Gasteiger charge is 2.29. The van der Waals surface area contributed by atoms with Gasteiger partial charge in [-0.15, -0.1) is 0 Å². The molecule has 0 saturated carbocycles. The van der Waals surface area contributed by atoms with E-state index in [2.05, 4.69) is 38.4 Å². The molecule has 0 heterocycles. The van der Waals surface area contributed by atoms with Gasteiger partial charge in [0.15, 0.2) is 0 Å². The van der Waals surface area contributed by atoms with Gasteiger partial charge in [0, 0.05) is 18.7 Å². The Balaban J connectivity index is -0.000000199. The number of carbonyl (C=O) groups excluding carboxylic acids is 3. The van der Waals surface area contributed by atoms with E-state index >= 15 is 0 Å². The van der Waals surface area contributed by atoms with Crippen LogP contribution in [0.5, 0.6) is 0 Å². The third kappa shape index (κ3) is 27.2. The van der Waals surface area contributed by atoms with Crippen LogP contribution >= 0.6 is 0 Å². The van der Waals surface area contributed by atoms with E-state index < -0.39 is 0 Å². The number of rotatable bonds is 18. The molecule has 49 heavy (non-hydrogen) atoms. The van der Waals surface area contributed by atoms with Crippen molar-refractivity contribution in [1.29, 1.82) is 0 Å². The molecule has 10 heteroatoms. The molecule has 0 atom stereocenters. The Labute approximate surface area is 308 Å². The van der Waals surface area contributed by atoms with Crippen molar-refractivity contribution in [2.75, 3.05) is 74.3 Å². The van der Waals surface area contributed by atoms with Gasteiger partial charge in [0.05, 0.1) is 36.9 Å². The number of esters is 3. The minimum atomic E-state index is -0.378. The molecule has 0 saturated heterocycles. The Morgan fingerprint density at radius 1 is 0.653 bits per heavy atom. The zero-order valence-corrected chi connectivity index (χ0v) is 33.1. The molecule has 292 valence electrons. The lowest BCUT2D eigenvalue weighted by Crippen LogP contribution is -3.00. The van der Waals surface area contributed by atoms with E-state index in [0.717, 1.165) is 43.4 Å². The van der Waals surface area contributed by atoms with Gasteiger partial charge in [-0.2, -0.15) is 0 Å². The summed E-state index contributed by atoms with van der Waals surface area (Å²) in [7, 11) is 8.23. The van der Waals surface area contributed by atoms with Crippen molar-refractivity contribution in [3.8, 4) is 0 Å². The van der Waals surface area contributed by atoms with Gasteiger partial charge in [0.25, 0.3) is 0 Å². The molecule has 0 aliphatic carbocycles. The van der Waals surface area contributed by atoms with Crippen LogP contribution in [0, 0.1) is 16.2 Å². The molecule has 0 aliphatic heterocycles. The van der Waals surface area contributed by atoms with Crippen LogP contribution in [0.4, 0.5) is 0 Å². The van der Waals surface area contributed by atoms with Crippen molar-refractivity contribution in [3.63, 3.8) is 0 Å². The predicted octanol–water partition coefficient (Wildman–Crippen LogP) is 5.05. The third-order valence-electron chi connectivity index (χ3n) is 8.13. The zero-order chi connectivity index (χ0) is 36.0. The van der Waals surface area contributed by atoms with Crippen molar-refractivity contribution < 1.29 is 50.2 Å². The number of ether oxygens (including phenoxy) is 4. The van der Waals surface area contributed by atoms with Gasteiger partial charge >= 0.3 is 17.9 Å². The molecule has 0 fully saturated rings. The van der Waals surface area contributed by atoms with Crippen molar-refractivity contribution >= 4 is 17.9 Å². The molecular formula is C39H77ClN2O7. The van der Waals surface area contributed by atoms with Gasteiger partial charge in [-0.05, 0) is 81.8 Å². The number of likely N-dealkylation sites (N-methyl/N-ethyl adjacent to an activating group) is 2. The fourth-order valence-electron chi connectivity index (χ4n) is 3.22. The van der Waals surface area contributed by atoms with E-state index in [0.29, 0.717) is 33.0 Å². The monoisotopic (exact) mass is 721 g/mol. The number of carbonyl (C=O) groups is 3. The highest BCUT2D eigenvalue weighted by molar-refractivity contribution is 5.76. The Morgan fingerprint density at radius 3 is 1.41 bits per heavy atom. The predicted molar refractivity (Wildman–Crippen MR) is 201 cm³/mol. The Morgan fingerprint density at radius 2 is 1.04 bits per heavy atom. The van der Waals surface area contributed by atoms with E-state index in [4.69, 9.17) is 18.9 Å². The van der Waals surface area contributed by atoms with Gasteiger partial charge in [0.2, 0.25) is 0 Å². The van der Waals surface area contributed by atoms with Crippen molar-refractivity contribution in [2.45, 2.75) is 110 Å². The summed E-state index contributed by atoms with van der Waals surface area (Å²) in [5, 5.41) is 0. The van der Waals surface area contributed by atoms with Crippen LogP contribution in [0.1, 0.15) is 109 Å². The molecule has 0 radical (unpaired) electrons. The van der Waals surface area contributed by atoms with Crippen LogP contribution < -0.4 is 12.4 Å². The highest BCUT2D eigenvalue weighted by Crippen LogP contribution is 2.23. The molecule has 1 aromatic carbocycles. The lowest BCUT2D eigenvalue weighted by molar-refractivity contribution is -0.903. The highest BCUT2D eigenvalue weighted by atomic mass is 35.5. The summed E-state index contributed by atoms with van der Waals surface area (Å²) < 4.78 is 21.4. The van der Waals surface area contributed by atoms with Crippen molar-refractivity contribution in [2.24, 2.45) is 16.2 Å². The van der Waals surface area contributed by atoms with Gasteiger partial charge in [-0.3, -0.25) is 14.4 Å². The molecular weight excluding hydrogens is 644 g/mol. The molecule has 1 aromatic rings. The maximum Gasteiger partial charge on any atom is 0.311 e. The Bertz CT molecular complexity index is 981. The van der Waals surface area contributed by atoms with E-state index in [9.17, 15) is 14.4 Å². The molecule has 1 rings (SSSR count). The zero-order valence-electron chi connectivity index (χ0n) is 32.3. The van der Waals surface area contributed by atoms with Gasteiger partial charge < -0.3 is 40.7 Å². The van der Waals surface area contributed by atoms with E-state index in [1.165, 1.54) is 5.56 Å². The summed E-state index contributed by atoms with van der Waals surface area (Å²) in [6, 6.07) is 10.4. The van der Waals surface area contributed by atoms with Crippen LogP contribution in [-0.4, -0.2) is 102 Å². The summed E-state index contributed by atoms with van der Waals surface area (Å²) in [4.78, 5) is 36.7. The third-order valence-corrected chi connectivity index (χ3v) is 8.13. The summed E-state index contributed by atoms with van der Waals surface area (Å²) in [6.45, 7) is 24.3. The Hall–Kier alpha value is -2.20. The van der Waals surface area contributed by atoms with Crippen molar-refractivity contribution in [1.82, 2.24) is 4.90 Å². The fourth-order valence-corrected chi connectivity index (χ4v) is 3.22. The lowest BCUT2D eigenvalue weighted by atomic mass is 9.91. The molecule has 0 bridgehead atoms. The average Bonchev–Trinajstić information content (AvgIpc) is 2.99. The minimum Gasteiger partial charge on any atom is -1.00 e. The molecule has 0 amide bonds. The summed E-state index contributed by atoms with van der Waals surface area (Å²) >= 11 is 0. The van der Waals surface area contributed by atoms with Gasteiger partial charge in [-0.25, -0.2) is 0 Å². The summed E-state index contributed by atoms with van der Waals surface area (Å²) in [5.41, 5.74) is 0.215. The smallest absolute Gasteiger partial charge is 0.311 e. The molecule has 0 aromatic heterocycles. The summed E-state index contributed by atoms with van der Waals surface area (Å²) in [5.74, 6) is -0.341. The lowest BCUT2D eigenvalue weighted by Gasteiger charge is -2.30. The number of hydrogen-bond donors (Lipinski definition) is 0. The largest absolute Gasteiger partial charge is 1.00 e. The molecule has 0 unspecified atom stereocenters. The quantitative estimate of drug-likeness (QED) is 0.0902. The first kappa shape index (κ1) is 56.2. The second-order valence-electron chi connectivity index (χ2n) is 14.4. The number of halogens is 1. The molecule has 0 aliphatic rings. The standard InChI is InChI=1S/C17H28NO2.C10H21NO2.C10H20O3.2CH4.ClH/c1-6-17(2,3)16(19)20-13-12-18(4,5)14-15-10-8-7-9-11-15;1-6-10(2,3)9(12)13-8-7-11(4)5;1-5-10(3,4)9(11)13-8-7-12-6-2;;;/h7-11H,6,12-14H2,1-5H3;6-8H2,1-5H3;5-8H2,1-4H3;2*1H4;1H/q+1;;;;;/p-1.